The van der Waals surface area contributed by atoms with Gasteiger partial charge in [0.2, 0.25) is 5.91 Å². The highest BCUT2D eigenvalue weighted by Gasteiger charge is 2.12. The molecule has 0 aliphatic rings. The molecule has 0 aliphatic heterocycles. The summed E-state index contributed by atoms with van der Waals surface area (Å²) in [6, 6.07) is 6.75. The summed E-state index contributed by atoms with van der Waals surface area (Å²) in [6.45, 7) is 1.82. The Balaban J connectivity index is 1.98. The molecule has 1 heterocycles. The molecule has 0 fully saturated rings. The standard InChI is InChI=1S/C13H11Cl2N5O/c1-8(9-2-3-10(14)11(15)4-9)18-13(21)6-20-7-17-12(5-16)19-20/h2-4,7-8H,6H2,1H3,(H,18,21)/t8-/m1/s1. The van der Waals surface area contributed by atoms with E-state index in [9.17, 15) is 4.79 Å². The lowest BCUT2D eigenvalue weighted by molar-refractivity contribution is -0.122. The van der Waals surface area contributed by atoms with Crippen molar-refractivity contribution in [3.63, 3.8) is 0 Å². The van der Waals surface area contributed by atoms with Gasteiger partial charge in [-0.1, -0.05) is 29.3 Å². The van der Waals surface area contributed by atoms with Crippen LogP contribution in [0.1, 0.15) is 24.4 Å². The zero-order valence-corrected chi connectivity index (χ0v) is 12.6. The summed E-state index contributed by atoms with van der Waals surface area (Å²) in [7, 11) is 0. The van der Waals surface area contributed by atoms with Crippen molar-refractivity contribution in [2.45, 2.75) is 19.5 Å². The van der Waals surface area contributed by atoms with Crippen LogP contribution in [0.5, 0.6) is 0 Å². The number of hydrogen-bond acceptors (Lipinski definition) is 4. The zero-order chi connectivity index (χ0) is 15.4. The van der Waals surface area contributed by atoms with Crippen LogP contribution in [0.3, 0.4) is 0 Å². The molecule has 6 nitrogen and oxygen atoms in total. The molecule has 108 valence electrons. The Morgan fingerprint density at radius 3 is 2.86 bits per heavy atom. The van der Waals surface area contributed by atoms with Crippen molar-refractivity contribution in [3.05, 3.63) is 46.0 Å². The predicted molar refractivity (Wildman–Crippen MR) is 77.8 cm³/mol. The molecule has 0 bridgehead atoms. The second-order valence-corrected chi connectivity index (χ2v) is 5.15. The van der Waals surface area contributed by atoms with Gasteiger partial charge < -0.3 is 5.32 Å². The Morgan fingerprint density at radius 2 is 2.24 bits per heavy atom. The molecule has 0 spiro atoms. The number of aromatic nitrogens is 3. The van der Waals surface area contributed by atoms with Crippen LogP contribution in [0.2, 0.25) is 10.0 Å². The first-order valence-electron chi connectivity index (χ1n) is 6.03. The van der Waals surface area contributed by atoms with Crippen molar-refractivity contribution in [2.24, 2.45) is 0 Å². The average Bonchev–Trinajstić information content (AvgIpc) is 2.89. The van der Waals surface area contributed by atoms with E-state index in [1.807, 2.05) is 6.92 Å². The minimum atomic E-state index is -0.247. The molecule has 0 unspecified atom stereocenters. The van der Waals surface area contributed by atoms with Crippen molar-refractivity contribution in [3.8, 4) is 6.07 Å². The summed E-state index contributed by atoms with van der Waals surface area (Å²) in [5, 5.41) is 16.1. The van der Waals surface area contributed by atoms with Gasteiger partial charge in [0.15, 0.2) is 0 Å². The highest BCUT2D eigenvalue weighted by molar-refractivity contribution is 6.42. The van der Waals surface area contributed by atoms with Gasteiger partial charge in [0.1, 0.15) is 18.9 Å². The van der Waals surface area contributed by atoms with Crippen molar-refractivity contribution < 1.29 is 4.79 Å². The minimum Gasteiger partial charge on any atom is -0.348 e. The molecule has 8 heteroatoms. The minimum absolute atomic E-state index is 0.0135. The molecule has 2 rings (SSSR count). The molecule has 0 saturated heterocycles. The van der Waals surface area contributed by atoms with E-state index in [2.05, 4.69) is 15.4 Å². The number of hydrogen-bond donors (Lipinski definition) is 1. The van der Waals surface area contributed by atoms with E-state index in [1.165, 1.54) is 11.0 Å². The van der Waals surface area contributed by atoms with Crippen LogP contribution in [-0.4, -0.2) is 20.7 Å². The van der Waals surface area contributed by atoms with Crippen LogP contribution in [0.25, 0.3) is 0 Å². The number of nitrogens with zero attached hydrogens (tertiary/aromatic N) is 4. The zero-order valence-electron chi connectivity index (χ0n) is 11.0. The molecule has 2 aromatic rings. The van der Waals surface area contributed by atoms with Crippen molar-refractivity contribution >= 4 is 29.1 Å². The normalized spacial score (nSPS) is 11.7. The second kappa shape index (κ2) is 6.57. The van der Waals surface area contributed by atoms with E-state index in [1.54, 1.807) is 24.3 Å². The number of nitriles is 1. The predicted octanol–water partition coefficient (Wildman–Crippen LogP) is 2.33. The van der Waals surface area contributed by atoms with Crippen LogP contribution < -0.4 is 5.32 Å². The topological polar surface area (TPSA) is 83.6 Å². The quantitative estimate of drug-likeness (QED) is 0.935. The Morgan fingerprint density at radius 1 is 1.48 bits per heavy atom. The van der Waals surface area contributed by atoms with Gasteiger partial charge in [-0.2, -0.15) is 5.26 Å². The maximum Gasteiger partial charge on any atom is 0.252 e. The first-order valence-corrected chi connectivity index (χ1v) is 6.79. The number of carbonyl (C=O) groups is 1. The van der Waals surface area contributed by atoms with Gasteiger partial charge in [0.25, 0.3) is 5.82 Å². The number of carbonyl (C=O) groups excluding carboxylic acids is 1. The van der Waals surface area contributed by atoms with Crippen LogP contribution in [0.15, 0.2) is 24.5 Å². The number of benzene rings is 1. The third-order valence-corrected chi connectivity index (χ3v) is 3.50. The fourth-order valence-electron chi connectivity index (χ4n) is 1.72. The molecule has 0 radical (unpaired) electrons. The van der Waals surface area contributed by atoms with Crippen LogP contribution in [0, 0.1) is 11.3 Å². The first kappa shape index (κ1) is 15.3. The smallest absolute Gasteiger partial charge is 0.252 e. The molecule has 0 saturated carbocycles. The molecule has 21 heavy (non-hydrogen) atoms. The summed E-state index contributed by atoms with van der Waals surface area (Å²) in [5.41, 5.74) is 0.842. The highest BCUT2D eigenvalue weighted by Crippen LogP contribution is 2.25. The van der Waals surface area contributed by atoms with E-state index in [-0.39, 0.29) is 24.3 Å². The summed E-state index contributed by atoms with van der Waals surface area (Å²) < 4.78 is 1.30. The molecule has 1 N–H and O–H groups in total. The maximum absolute atomic E-state index is 11.9. The summed E-state index contributed by atoms with van der Waals surface area (Å²) >= 11 is 11.8. The highest BCUT2D eigenvalue weighted by atomic mass is 35.5. The molecule has 0 aliphatic carbocycles. The van der Waals surface area contributed by atoms with Gasteiger partial charge in [0.05, 0.1) is 16.1 Å². The number of rotatable bonds is 4. The number of amides is 1. The van der Waals surface area contributed by atoms with Gasteiger partial charge in [-0.05, 0) is 24.6 Å². The summed E-state index contributed by atoms with van der Waals surface area (Å²) in [5.74, 6) is -0.219. The first-order chi connectivity index (χ1) is 9.99. The Labute approximate surface area is 131 Å². The van der Waals surface area contributed by atoms with Crippen molar-refractivity contribution in [2.75, 3.05) is 0 Å². The number of nitrogens with one attached hydrogen (secondary N) is 1. The fraction of sp³-hybridized carbons (Fsp3) is 0.231. The Hall–Kier alpha value is -2.10. The largest absolute Gasteiger partial charge is 0.348 e. The SMILES string of the molecule is C[C@@H](NC(=O)Cn1cnc(C#N)n1)c1ccc(Cl)c(Cl)c1. The van der Waals surface area contributed by atoms with Gasteiger partial charge in [-0.25, -0.2) is 9.67 Å². The lowest BCUT2D eigenvalue weighted by Crippen LogP contribution is -2.30. The van der Waals surface area contributed by atoms with Crippen LogP contribution in [0.4, 0.5) is 0 Å². The van der Waals surface area contributed by atoms with E-state index in [0.717, 1.165) is 5.56 Å². The van der Waals surface area contributed by atoms with Gasteiger partial charge in [-0.15, -0.1) is 5.10 Å². The molecule has 1 amide bonds. The maximum atomic E-state index is 11.9. The fourth-order valence-corrected chi connectivity index (χ4v) is 2.03. The third kappa shape index (κ3) is 3.94. The van der Waals surface area contributed by atoms with Crippen LogP contribution >= 0.6 is 23.2 Å². The summed E-state index contributed by atoms with van der Waals surface area (Å²) in [6.07, 6.45) is 1.34. The van der Waals surface area contributed by atoms with E-state index in [0.29, 0.717) is 10.0 Å². The Bertz CT molecular complexity index is 707. The third-order valence-electron chi connectivity index (χ3n) is 2.76. The van der Waals surface area contributed by atoms with Gasteiger partial charge >= 0.3 is 0 Å². The summed E-state index contributed by atoms with van der Waals surface area (Å²) in [4.78, 5) is 15.6. The molecule has 1 aromatic heterocycles. The average molecular weight is 324 g/mol. The number of halogens is 2. The van der Waals surface area contributed by atoms with E-state index >= 15 is 0 Å². The lowest BCUT2D eigenvalue weighted by atomic mass is 10.1. The molecular formula is C13H11Cl2N5O. The molecular weight excluding hydrogens is 313 g/mol. The van der Waals surface area contributed by atoms with Crippen molar-refractivity contribution in [1.29, 1.82) is 5.26 Å². The second-order valence-electron chi connectivity index (χ2n) is 4.34. The van der Waals surface area contributed by atoms with Gasteiger partial charge in [0, 0.05) is 0 Å². The Kier molecular flexibility index (Phi) is 4.78. The molecule has 1 atom stereocenters. The van der Waals surface area contributed by atoms with E-state index in [4.69, 9.17) is 28.5 Å². The van der Waals surface area contributed by atoms with Gasteiger partial charge in [-0.3, -0.25) is 4.79 Å². The monoisotopic (exact) mass is 323 g/mol. The molecule has 1 aromatic carbocycles. The van der Waals surface area contributed by atoms with Crippen LogP contribution in [-0.2, 0) is 11.3 Å². The van der Waals surface area contributed by atoms with E-state index < -0.39 is 0 Å². The lowest BCUT2D eigenvalue weighted by Gasteiger charge is -2.15. The van der Waals surface area contributed by atoms with Crippen molar-refractivity contribution in [1.82, 2.24) is 20.1 Å².